The molecule has 0 radical (unpaired) electrons. The number of aliphatic hydroxyl groups is 2. The molecule has 4 fully saturated rings. The van der Waals surface area contributed by atoms with Crippen LogP contribution in [0.5, 0.6) is 11.5 Å². The summed E-state index contributed by atoms with van der Waals surface area (Å²) in [4.78, 5) is 0. The molecule has 2 aromatic carbocycles. The van der Waals surface area contributed by atoms with Crippen LogP contribution in [0.15, 0.2) is 36.4 Å². The lowest BCUT2D eigenvalue weighted by Crippen LogP contribution is -2.49. The summed E-state index contributed by atoms with van der Waals surface area (Å²) in [6.07, 6.45) is 8.90. The molecule has 14 atom stereocenters. The van der Waals surface area contributed by atoms with E-state index in [1.165, 1.54) is 47.9 Å². The number of benzene rings is 2. The molecule has 6 aliphatic carbocycles. The minimum atomic E-state index is -0.147. The van der Waals surface area contributed by atoms with Gasteiger partial charge in [-0.1, -0.05) is 67.5 Å². The number of hydrogen-bond donors (Lipinski definition) is 4. The van der Waals surface area contributed by atoms with Gasteiger partial charge in [-0.05, 0) is 180 Å². The summed E-state index contributed by atoms with van der Waals surface area (Å²) < 4.78 is 0. The Kier molecular flexibility index (Phi) is 8.84. The molecule has 0 heterocycles. The first-order valence-corrected chi connectivity index (χ1v) is 19.6. The van der Waals surface area contributed by atoms with Crippen molar-refractivity contribution in [2.45, 2.75) is 131 Å². The van der Waals surface area contributed by atoms with Crippen molar-refractivity contribution in [2.75, 3.05) is 0 Å². The van der Waals surface area contributed by atoms with Gasteiger partial charge in [-0.15, -0.1) is 0 Å². The molecule has 0 saturated heterocycles. The van der Waals surface area contributed by atoms with Gasteiger partial charge >= 0.3 is 0 Å². The number of aliphatic hydroxyl groups excluding tert-OH is 2. The second kappa shape index (κ2) is 12.3. The average molecular weight is 657 g/mol. The first kappa shape index (κ1) is 34.4. The van der Waals surface area contributed by atoms with E-state index >= 15 is 0 Å². The Bertz CT molecular complexity index is 1500. The third-order valence-corrected chi connectivity index (χ3v) is 15.8. The first-order valence-electron chi connectivity index (χ1n) is 19.6. The Hall–Kier alpha value is -2.04. The fourth-order valence-electron chi connectivity index (χ4n) is 13.5. The Morgan fingerprint density at radius 2 is 1.29 bits per heavy atom. The number of hydrogen-bond acceptors (Lipinski definition) is 4. The summed E-state index contributed by atoms with van der Waals surface area (Å²) in [6, 6.07) is 12.1. The van der Waals surface area contributed by atoms with Crippen LogP contribution in [0.2, 0.25) is 0 Å². The van der Waals surface area contributed by atoms with Gasteiger partial charge in [-0.2, -0.15) is 0 Å². The molecule has 0 bridgehead atoms. The monoisotopic (exact) mass is 656 g/mol. The van der Waals surface area contributed by atoms with Crippen LogP contribution in [0.3, 0.4) is 0 Å². The minimum Gasteiger partial charge on any atom is -0.508 e. The van der Waals surface area contributed by atoms with E-state index in [-0.39, 0.29) is 23.0 Å². The fourth-order valence-corrected chi connectivity index (χ4v) is 13.5. The summed E-state index contributed by atoms with van der Waals surface area (Å²) in [6.45, 7) is 18.6. The van der Waals surface area contributed by atoms with Crippen LogP contribution >= 0.6 is 0 Å². The van der Waals surface area contributed by atoms with E-state index < -0.39 is 0 Å². The lowest BCUT2D eigenvalue weighted by atomic mass is 9.50. The van der Waals surface area contributed by atoms with E-state index in [9.17, 15) is 20.4 Å². The molecule has 4 N–H and O–H groups in total. The highest BCUT2D eigenvalue weighted by Crippen LogP contribution is 2.66. The van der Waals surface area contributed by atoms with Gasteiger partial charge in [-0.3, -0.25) is 0 Å². The molecule has 6 aliphatic rings. The van der Waals surface area contributed by atoms with E-state index in [0.29, 0.717) is 82.5 Å². The van der Waals surface area contributed by atoms with E-state index in [1.807, 2.05) is 24.3 Å². The van der Waals surface area contributed by atoms with Gasteiger partial charge < -0.3 is 20.4 Å². The van der Waals surface area contributed by atoms with Crippen molar-refractivity contribution in [1.29, 1.82) is 0 Å². The van der Waals surface area contributed by atoms with Gasteiger partial charge in [0, 0.05) is 0 Å². The molecule has 264 valence electrons. The second-order valence-corrected chi connectivity index (χ2v) is 19.0. The number of phenols is 2. The summed E-state index contributed by atoms with van der Waals surface area (Å²) in [5.74, 6) is 8.06. The molecule has 48 heavy (non-hydrogen) atoms. The maximum atomic E-state index is 10.9. The van der Waals surface area contributed by atoms with Crippen LogP contribution in [-0.2, 0) is 12.8 Å². The van der Waals surface area contributed by atoms with Crippen LogP contribution in [0.25, 0.3) is 0 Å². The summed E-state index contributed by atoms with van der Waals surface area (Å²) >= 11 is 0. The van der Waals surface area contributed by atoms with E-state index in [1.54, 1.807) is 0 Å². The highest BCUT2D eigenvalue weighted by atomic mass is 16.3. The van der Waals surface area contributed by atoms with Gasteiger partial charge in [0.15, 0.2) is 0 Å². The third kappa shape index (κ3) is 5.28. The van der Waals surface area contributed by atoms with Crippen LogP contribution in [0, 0.1) is 70.0 Å². The number of rotatable bonds is 2. The molecule has 4 heteroatoms. The number of aryl methyl sites for hydroxylation is 1. The maximum absolute atomic E-state index is 10.9. The van der Waals surface area contributed by atoms with Gasteiger partial charge in [-0.25, -0.2) is 0 Å². The summed E-state index contributed by atoms with van der Waals surface area (Å²) in [5, 5.41) is 41.6. The average Bonchev–Trinajstić information content (AvgIpc) is 3.42. The lowest BCUT2D eigenvalue weighted by molar-refractivity contribution is -0.0632. The smallest absolute Gasteiger partial charge is 0.115 e. The molecular weight excluding hydrogens is 592 g/mol. The Morgan fingerprint density at radius 1 is 0.708 bits per heavy atom. The molecule has 4 nitrogen and oxygen atoms in total. The predicted molar refractivity (Wildman–Crippen MR) is 194 cm³/mol. The molecule has 0 aliphatic heterocycles. The Balaban J connectivity index is 0.000000152. The second-order valence-electron chi connectivity index (χ2n) is 19.0. The fraction of sp³-hybridized carbons (Fsp3) is 0.727. The quantitative estimate of drug-likeness (QED) is 0.260. The SMILES string of the molecule is CC(C)C1CC2(C)C(O)C(C)CC2C2CCc3cc(O)ccc3C12.CC(C)C1Cc2cc(O)ccc2C2CCC3(C)C(O)C(C)CC3C21. The molecule has 14 unspecified atom stereocenters. The normalized spacial score (nSPS) is 44.1. The van der Waals surface area contributed by atoms with Crippen molar-refractivity contribution in [3.8, 4) is 11.5 Å². The van der Waals surface area contributed by atoms with Crippen molar-refractivity contribution in [1.82, 2.24) is 0 Å². The summed E-state index contributed by atoms with van der Waals surface area (Å²) in [5.41, 5.74) is 5.87. The summed E-state index contributed by atoms with van der Waals surface area (Å²) in [7, 11) is 0. The zero-order valence-electron chi connectivity index (χ0n) is 31.0. The number of aromatic hydroxyl groups is 2. The topological polar surface area (TPSA) is 80.9 Å². The Labute approximate surface area is 290 Å². The van der Waals surface area contributed by atoms with Crippen LogP contribution in [0.1, 0.15) is 128 Å². The third-order valence-electron chi connectivity index (χ3n) is 15.8. The van der Waals surface area contributed by atoms with Gasteiger partial charge in [0.2, 0.25) is 0 Å². The van der Waals surface area contributed by atoms with Crippen LogP contribution in [0.4, 0.5) is 0 Å². The number of phenolic OH excluding ortho intramolecular Hbond substituents is 2. The van der Waals surface area contributed by atoms with Gasteiger partial charge in [0.05, 0.1) is 12.2 Å². The van der Waals surface area contributed by atoms with Gasteiger partial charge in [0.25, 0.3) is 0 Å². The lowest BCUT2D eigenvalue weighted by Gasteiger charge is -2.55. The van der Waals surface area contributed by atoms with Crippen molar-refractivity contribution < 1.29 is 20.4 Å². The zero-order valence-corrected chi connectivity index (χ0v) is 31.0. The zero-order chi connectivity index (χ0) is 34.4. The highest BCUT2D eigenvalue weighted by Gasteiger charge is 2.61. The van der Waals surface area contributed by atoms with Crippen molar-refractivity contribution >= 4 is 0 Å². The van der Waals surface area contributed by atoms with Crippen molar-refractivity contribution in [2.24, 2.45) is 70.0 Å². The standard InChI is InChI=1S/2C22H32O2/c1-12(2)18-11-22(4)19(9-13(3)21(22)24)17-7-5-14-10-15(23)6-8-16(14)20(17)18;1-12(2)18-11-14-10-15(23)5-6-16(14)17-7-8-22(4)19(20(17)18)9-13(3)21(22)24/h6,8,10,12-13,17-21,23-24H,5,7,9,11H2,1-4H3;5-6,10,12-13,17-21,23-24H,7-9,11H2,1-4H3. The van der Waals surface area contributed by atoms with Crippen LogP contribution in [-0.4, -0.2) is 32.6 Å². The van der Waals surface area contributed by atoms with Crippen molar-refractivity contribution in [3.05, 3.63) is 58.7 Å². The maximum Gasteiger partial charge on any atom is 0.115 e. The van der Waals surface area contributed by atoms with Gasteiger partial charge in [0.1, 0.15) is 11.5 Å². The molecule has 0 aromatic heterocycles. The first-order chi connectivity index (χ1) is 22.7. The highest BCUT2D eigenvalue weighted by molar-refractivity contribution is 5.42. The largest absolute Gasteiger partial charge is 0.508 e. The molecule has 0 spiro atoms. The number of fused-ring (bicyclic) bond motifs is 10. The molecular formula is C44H64O4. The van der Waals surface area contributed by atoms with E-state index in [0.717, 1.165) is 25.7 Å². The van der Waals surface area contributed by atoms with E-state index in [2.05, 4.69) is 67.5 Å². The predicted octanol–water partition coefficient (Wildman–Crippen LogP) is 9.47. The van der Waals surface area contributed by atoms with Crippen molar-refractivity contribution in [3.63, 3.8) is 0 Å². The molecule has 0 amide bonds. The minimum absolute atomic E-state index is 0.0872. The molecule has 4 saturated carbocycles. The van der Waals surface area contributed by atoms with Crippen LogP contribution < -0.4 is 0 Å². The molecule has 2 aromatic rings. The molecule has 8 rings (SSSR count). The Morgan fingerprint density at radius 3 is 1.94 bits per heavy atom. The van der Waals surface area contributed by atoms with E-state index in [4.69, 9.17) is 0 Å².